The first-order valence-corrected chi connectivity index (χ1v) is 6.10. The first-order chi connectivity index (χ1) is 8.31. The van der Waals surface area contributed by atoms with Gasteiger partial charge in [0.2, 0.25) is 0 Å². The second-order valence-electron chi connectivity index (χ2n) is 4.61. The van der Waals surface area contributed by atoms with Crippen molar-refractivity contribution in [2.45, 2.75) is 32.4 Å². The van der Waals surface area contributed by atoms with Gasteiger partial charge in [-0.25, -0.2) is 0 Å². The van der Waals surface area contributed by atoms with E-state index in [2.05, 4.69) is 10.4 Å². The van der Waals surface area contributed by atoms with Crippen molar-refractivity contribution in [3.63, 3.8) is 0 Å². The Morgan fingerprint density at radius 1 is 1.41 bits per heavy atom. The second-order valence-corrected chi connectivity index (χ2v) is 4.61. The Labute approximate surface area is 100 Å². The quantitative estimate of drug-likeness (QED) is 0.621. The summed E-state index contributed by atoms with van der Waals surface area (Å²) in [6.45, 7) is 2.74. The average molecular weight is 231 g/mol. The van der Waals surface area contributed by atoms with Crippen LogP contribution in [0.4, 0.5) is 0 Å². The summed E-state index contributed by atoms with van der Waals surface area (Å²) < 4.78 is 2.03. The Morgan fingerprint density at radius 3 is 3.12 bits per heavy atom. The lowest BCUT2D eigenvalue weighted by Crippen LogP contribution is -2.24. The molecule has 2 aliphatic rings. The molecular weight excluding hydrogens is 214 g/mol. The van der Waals surface area contributed by atoms with Crippen LogP contribution in [-0.4, -0.2) is 22.5 Å². The maximum absolute atomic E-state index is 7.45. The van der Waals surface area contributed by atoms with Gasteiger partial charge in [0.05, 0.1) is 17.1 Å². The van der Waals surface area contributed by atoms with Crippen molar-refractivity contribution < 1.29 is 0 Å². The zero-order valence-corrected chi connectivity index (χ0v) is 9.79. The van der Waals surface area contributed by atoms with Crippen LogP contribution in [0.2, 0.25) is 0 Å². The van der Waals surface area contributed by atoms with Crippen LogP contribution < -0.4 is 11.1 Å². The van der Waals surface area contributed by atoms with Crippen molar-refractivity contribution in [3.8, 4) is 0 Å². The zero-order valence-electron chi connectivity index (χ0n) is 9.79. The third kappa shape index (κ3) is 1.58. The third-order valence-corrected chi connectivity index (χ3v) is 3.57. The van der Waals surface area contributed by atoms with Gasteiger partial charge in [0.15, 0.2) is 0 Å². The van der Waals surface area contributed by atoms with Gasteiger partial charge in [0, 0.05) is 37.8 Å². The summed E-state index contributed by atoms with van der Waals surface area (Å²) in [5.41, 5.74) is 11.3. The van der Waals surface area contributed by atoms with Crippen molar-refractivity contribution in [3.05, 3.63) is 22.5 Å². The fourth-order valence-electron chi connectivity index (χ4n) is 2.67. The van der Waals surface area contributed by atoms with Gasteiger partial charge in [-0.15, -0.1) is 0 Å². The maximum Gasteiger partial charge on any atom is 0.0890 e. The summed E-state index contributed by atoms with van der Waals surface area (Å²) >= 11 is 0. The van der Waals surface area contributed by atoms with Crippen molar-refractivity contribution in [1.82, 2.24) is 15.1 Å². The molecule has 0 aliphatic carbocycles. The highest BCUT2D eigenvalue weighted by molar-refractivity contribution is 5.88. The minimum absolute atomic E-state index is 0.745. The molecule has 4 N–H and O–H groups in total. The van der Waals surface area contributed by atoms with Gasteiger partial charge >= 0.3 is 0 Å². The van der Waals surface area contributed by atoms with Gasteiger partial charge in [0.25, 0.3) is 0 Å². The molecule has 0 aromatic carbocycles. The van der Waals surface area contributed by atoms with E-state index in [-0.39, 0.29) is 0 Å². The molecule has 5 nitrogen and oxygen atoms in total. The molecule has 2 aliphatic heterocycles. The Morgan fingerprint density at radius 2 is 2.29 bits per heavy atom. The van der Waals surface area contributed by atoms with E-state index in [1.54, 1.807) is 0 Å². The molecule has 3 rings (SSSR count). The van der Waals surface area contributed by atoms with E-state index in [0.717, 1.165) is 55.9 Å². The molecule has 0 fully saturated rings. The number of nitrogens with zero attached hydrogens (tertiary/aromatic N) is 2. The van der Waals surface area contributed by atoms with E-state index >= 15 is 0 Å². The van der Waals surface area contributed by atoms with Gasteiger partial charge in [-0.2, -0.15) is 5.10 Å². The van der Waals surface area contributed by atoms with Crippen molar-refractivity contribution in [1.29, 1.82) is 5.41 Å². The lowest BCUT2D eigenvalue weighted by Gasteiger charge is -2.13. The van der Waals surface area contributed by atoms with Crippen molar-refractivity contribution in [2.24, 2.45) is 5.73 Å². The molecule has 0 amide bonds. The summed E-state index contributed by atoms with van der Waals surface area (Å²) in [5.74, 6) is 0. The number of aromatic nitrogens is 2. The van der Waals surface area contributed by atoms with Crippen LogP contribution in [-0.2, 0) is 19.5 Å². The number of fused-ring (bicyclic) bond motifs is 3. The number of rotatable bonds is 1. The fraction of sp³-hybridized carbons (Fsp3) is 0.500. The van der Waals surface area contributed by atoms with Gasteiger partial charge in [-0.05, 0) is 18.4 Å². The van der Waals surface area contributed by atoms with Crippen LogP contribution >= 0.6 is 0 Å². The van der Waals surface area contributed by atoms with Gasteiger partial charge in [-0.1, -0.05) is 0 Å². The number of hydrogen-bond donors (Lipinski definition) is 3. The van der Waals surface area contributed by atoms with E-state index in [1.165, 1.54) is 17.5 Å². The Kier molecular flexibility index (Phi) is 2.48. The first-order valence-electron chi connectivity index (χ1n) is 6.10. The highest BCUT2D eigenvalue weighted by Crippen LogP contribution is 2.28. The lowest BCUT2D eigenvalue weighted by molar-refractivity contribution is 0.574. The molecule has 3 heterocycles. The van der Waals surface area contributed by atoms with E-state index < -0.39 is 0 Å². The topological polar surface area (TPSA) is 79.7 Å². The molecule has 17 heavy (non-hydrogen) atoms. The number of nitrogens with two attached hydrogens (primary N) is 1. The highest BCUT2D eigenvalue weighted by atomic mass is 15.3. The molecule has 90 valence electrons. The molecule has 1 aromatic rings. The smallest absolute Gasteiger partial charge is 0.0890 e. The van der Waals surface area contributed by atoms with Crippen LogP contribution in [0.25, 0.3) is 5.70 Å². The largest absolute Gasteiger partial charge is 0.397 e. The average Bonchev–Trinajstić information content (AvgIpc) is 2.64. The van der Waals surface area contributed by atoms with Crippen molar-refractivity contribution >= 4 is 11.9 Å². The molecule has 1 aromatic heterocycles. The van der Waals surface area contributed by atoms with Crippen LogP contribution in [0.5, 0.6) is 0 Å². The van der Waals surface area contributed by atoms with Crippen LogP contribution in [0.3, 0.4) is 0 Å². The van der Waals surface area contributed by atoms with Crippen LogP contribution in [0.1, 0.15) is 29.8 Å². The number of hydrogen-bond acceptors (Lipinski definition) is 4. The van der Waals surface area contributed by atoms with Gasteiger partial charge < -0.3 is 16.5 Å². The number of aryl methyl sites for hydroxylation is 1. The number of allylic oxidation sites excluding steroid dienone is 1. The van der Waals surface area contributed by atoms with E-state index in [4.69, 9.17) is 11.1 Å². The van der Waals surface area contributed by atoms with E-state index in [0.29, 0.717) is 0 Å². The molecule has 0 saturated carbocycles. The summed E-state index contributed by atoms with van der Waals surface area (Å²) in [6, 6.07) is 0. The number of nitrogens with one attached hydrogen (secondary N) is 2. The SMILES string of the molecule is N=CC1=C(N)c2c3c(nn2CCC1)CCNC3. The summed E-state index contributed by atoms with van der Waals surface area (Å²) in [6.07, 6.45) is 4.25. The highest BCUT2D eigenvalue weighted by Gasteiger charge is 2.24. The molecule has 0 bridgehead atoms. The van der Waals surface area contributed by atoms with Crippen LogP contribution in [0, 0.1) is 5.41 Å². The molecule has 0 radical (unpaired) electrons. The zero-order chi connectivity index (χ0) is 11.8. The molecule has 5 heteroatoms. The van der Waals surface area contributed by atoms with E-state index in [1.807, 2.05) is 4.68 Å². The van der Waals surface area contributed by atoms with Crippen molar-refractivity contribution in [2.75, 3.05) is 6.54 Å². The summed E-state index contributed by atoms with van der Waals surface area (Å²) in [4.78, 5) is 0. The van der Waals surface area contributed by atoms with E-state index in [9.17, 15) is 0 Å². The second kappa shape index (κ2) is 4.00. The monoisotopic (exact) mass is 231 g/mol. The van der Waals surface area contributed by atoms with Gasteiger partial charge in [-0.3, -0.25) is 4.68 Å². The molecule has 0 saturated heterocycles. The lowest BCUT2D eigenvalue weighted by atomic mass is 10.0. The van der Waals surface area contributed by atoms with Gasteiger partial charge in [0.1, 0.15) is 0 Å². The van der Waals surface area contributed by atoms with Crippen LogP contribution in [0.15, 0.2) is 5.57 Å². The maximum atomic E-state index is 7.45. The predicted octanol–water partition coefficient (Wildman–Crippen LogP) is 0.642. The third-order valence-electron chi connectivity index (χ3n) is 3.57. The predicted molar refractivity (Wildman–Crippen MR) is 66.8 cm³/mol. The molecule has 0 spiro atoms. The fourth-order valence-corrected chi connectivity index (χ4v) is 2.67. The molecular formula is C12H17N5. The normalized spacial score (nSPS) is 19.5. The summed E-state index contributed by atoms with van der Waals surface area (Å²) in [5, 5.41) is 15.5. The molecule has 0 unspecified atom stereocenters. The Balaban J connectivity index is 2.19. The first kappa shape index (κ1) is 10.5. The summed E-state index contributed by atoms with van der Waals surface area (Å²) in [7, 11) is 0. The Hall–Kier alpha value is -1.62. The minimum Gasteiger partial charge on any atom is -0.397 e. The Bertz CT molecular complexity index is 497. The molecule has 0 atom stereocenters. The minimum atomic E-state index is 0.745. The standard InChI is InChI=1S/C12H17N5/c13-6-8-2-1-5-17-12(11(8)14)9-7-15-4-3-10(9)16-17/h6,13,15H,1-5,7,14H2.